The highest BCUT2D eigenvalue weighted by Crippen LogP contribution is 2.07. The maximum absolute atomic E-state index is 12.1. The number of hydrogen-bond donors (Lipinski definition) is 3. The molecule has 2 aromatic rings. The van der Waals surface area contributed by atoms with Crippen molar-refractivity contribution in [2.45, 2.75) is 32.7 Å². The van der Waals surface area contributed by atoms with E-state index in [1.165, 1.54) is 0 Å². The zero-order valence-corrected chi connectivity index (χ0v) is 12.3. The van der Waals surface area contributed by atoms with Crippen LogP contribution in [-0.2, 0) is 13.0 Å². The van der Waals surface area contributed by atoms with Gasteiger partial charge in [-0.05, 0) is 26.3 Å². The Morgan fingerprint density at radius 2 is 2.33 bits per heavy atom. The molecule has 0 saturated heterocycles. The molecule has 7 nitrogen and oxygen atoms in total. The second kappa shape index (κ2) is 7.58. The number of hydrogen-bond acceptors (Lipinski definition) is 4. The van der Waals surface area contributed by atoms with Crippen molar-refractivity contribution in [1.29, 1.82) is 0 Å². The number of imidazole rings is 1. The molecule has 0 atom stereocenters. The molecule has 0 aromatic carbocycles. The summed E-state index contributed by atoms with van der Waals surface area (Å²) < 4.78 is 1.82. The molecule has 0 fully saturated rings. The Kier molecular flexibility index (Phi) is 5.51. The molecule has 0 spiro atoms. The van der Waals surface area contributed by atoms with Gasteiger partial charge in [-0.25, -0.2) is 4.98 Å². The van der Waals surface area contributed by atoms with Gasteiger partial charge < -0.3 is 16.0 Å². The molecule has 2 heterocycles. The third-order valence-corrected chi connectivity index (χ3v) is 3.35. The lowest BCUT2D eigenvalue weighted by molar-refractivity contribution is 0.0952. The molecule has 21 heavy (non-hydrogen) atoms. The van der Waals surface area contributed by atoms with Crippen molar-refractivity contribution in [3.8, 4) is 0 Å². The van der Waals surface area contributed by atoms with E-state index in [9.17, 15) is 4.79 Å². The van der Waals surface area contributed by atoms with Crippen LogP contribution in [0.25, 0.3) is 0 Å². The Morgan fingerprint density at radius 3 is 3.05 bits per heavy atom. The molecular weight excluding hydrogens is 268 g/mol. The Labute approximate surface area is 123 Å². The summed E-state index contributed by atoms with van der Waals surface area (Å²) in [7, 11) is 0. The molecule has 0 saturated carbocycles. The Morgan fingerprint density at radius 1 is 1.48 bits per heavy atom. The fourth-order valence-electron chi connectivity index (χ4n) is 2.12. The summed E-state index contributed by atoms with van der Waals surface area (Å²) in [5.41, 5.74) is 7.00. The summed E-state index contributed by atoms with van der Waals surface area (Å²) in [6, 6.07) is 0. The van der Waals surface area contributed by atoms with E-state index in [2.05, 4.69) is 20.4 Å². The molecular formula is C14H22N6O. The molecule has 0 unspecified atom stereocenters. The average Bonchev–Trinajstić information content (AvgIpc) is 3.11. The van der Waals surface area contributed by atoms with Gasteiger partial charge in [-0.3, -0.25) is 9.48 Å². The summed E-state index contributed by atoms with van der Waals surface area (Å²) in [6.07, 6.45) is 7.67. The van der Waals surface area contributed by atoms with Crippen LogP contribution in [0.3, 0.4) is 0 Å². The molecule has 0 aliphatic heterocycles. The van der Waals surface area contributed by atoms with Crippen molar-refractivity contribution < 1.29 is 4.79 Å². The van der Waals surface area contributed by atoms with Crippen LogP contribution in [0.15, 0.2) is 18.6 Å². The number of carbonyl (C=O) groups is 1. The third-order valence-electron chi connectivity index (χ3n) is 3.35. The summed E-state index contributed by atoms with van der Waals surface area (Å²) in [4.78, 5) is 19.3. The molecule has 0 radical (unpaired) electrons. The number of aromatic amines is 1. The van der Waals surface area contributed by atoms with E-state index < -0.39 is 0 Å². The van der Waals surface area contributed by atoms with Gasteiger partial charge in [0.1, 0.15) is 5.82 Å². The second-order valence-corrected chi connectivity index (χ2v) is 4.90. The zero-order chi connectivity index (χ0) is 15.1. The van der Waals surface area contributed by atoms with Crippen LogP contribution >= 0.6 is 0 Å². The fourth-order valence-corrected chi connectivity index (χ4v) is 2.12. The molecule has 0 aliphatic carbocycles. The Balaban J connectivity index is 1.79. The normalized spacial score (nSPS) is 10.8. The quantitative estimate of drug-likeness (QED) is 0.620. The van der Waals surface area contributed by atoms with Crippen LogP contribution in [0, 0.1) is 6.92 Å². The van der Waals surface area contributed by atoms with Gasteiger partial charge in [-0.2, -0.15) is 5.10 Å². The van der Waals surface area contributed by atoms with Crippen LogP contribution in [0.1, 0.15) is 34.7 Å². The van der Waals surface area contributed by atoms with E-state index in [4.69, 9.17) is 5.73 Å². The smallest absolute Gasteiger partial charge is 0.254 e. The van der Waals surface area contributed by atoms with E-state index in [0.717, 1.165) is 37.3 Å². The van der Waals surface area contributed by atoms with Crippen molar-refractivity contribution >= 4 is 5.91 Å². The van der Waals surface area contributed by atoms with E-state index >= 15 is 0 Å². The monoisotopic (exact) mass is 290 g/mol. The van der Waals surface area contributed by atoms with Crippen molar-refractivity contribution in [2.24, 2.45) is 5.73 Å². The SMILES string of the molecule is Cc1c(C(=O)NCCCc2ncc[nH]2)cnn1CCCN. The van der Waals surface area contributed by atoms with Crippen LogP contribution in [0.4, 0.5) is 0 Å². The second-order valence-electron chi connectivity index (χ2n) is 4.90. The number of aromatic nitrogens is 4. The van der Waals surface area contributed by atoms with E-state index in [0.29, 0.717) is 18.7 Å². The molecule has 0 aliphatic rings. The molecule has 2 aromatic heterocycles. The van der Waals surface area contributed by atoms with Crippen LogP contribution in [-0.4, -0.2) is 38.7 Å². The molecule has 1 amide bonds. The maximum atomic E-state index is 12.1. The van der Waals surface area contributed by atoms with Crippen LogP contribution < -0.4 is 11.1 Å². The minimum atomic E-state index is -0.0778. The van der Waals surface area contributed by atoms with Gasteiger partial charge in [-0.1, -0.05) is 0 Å². The first kappa shape index (κ1) is 15.2. The molecule has 0 bridgehead atoms. The third kappa shape index (κ3) is 4.16. The van der Waals surface area contributed by atoms with Gasteiger partial charge >= 0.3 is 0 Å². The van der Waals surface area contributed by atoms with Crippen LogP contribution in [0.2, 0.25) is 0 Å². The van der Waals surface area contributed by atoms with Gasteiger partial charge in [0, 0.05) is 37.6 Å². The summed E-state index contributed by atoms with van der Waals surface area (Å²) in [6.45, 7) is 3.88. The largest absolute Gasteiger partial charge is 0.352 e. The number of nitrogens with two attached hydrogens (primary N) is 1. The highest BCUT2D eigenvalue weighted by molar-refractivity contribution is 5.94. The minimum Gasteiger partial charge on any atom is -0.352 e. The highest BCUT2D eigenvalue weighted by atomic mass is 16.1. The number of nitrogens with one attached hydrogen (secondary N) is 2. The number of aryl methyl sites for hydroxylation is 2. The lowest BCUT2D eigenvalue weighted by Crippen LogP contribution is -2.25. The fraction of sp³-hybridized carbons (Fsp3) is 0.500. The average molecular weight is 290 g/mol. The Bertz CT molecular complexity index is 560. The molecule has 4 N–H and O–H groups in total. The number of nitrogens with zero attached hydrogens (tertiary/aromatic N) is 3. The van der Waals surface area contributed by atoms with Crippen molar-refractivity contribution in [3.05, 3.63) is 35.7 Å². The van der Waals surface area contributed by atoms with Crippen molar-refractivity contribution in [1.82, 2.24) is 25.1 Å². The van der Waals surface area contributed by atoms with Gasteiger partial charge in [0.05, 0.1) is 11.8 Å². The zero-order valence-electron chi connectivity index (χ0n) is 12.3. The molecule has 2 rings (SSSR count). The number of amides is 1. The van der Waals surface area contributed by atoms with E-state index in [-0.39, 0.29) is 5.91 Å². The van der Waals surface area contributed by atoms with Crippen molar-refractivity contribution in [3.63, 3.8) is 0 Å². The predicted molar refractivity (Wildman–Crippen MR) is 79.9 cm³/mol. The van der Waals surface area contributed by atoms with E-state index in [1.54, 1.807) is 18.6 Å². The van der Waals surface area contributed by atoms with Gasteiger partial charge in [-0.15, -0.1) is 0 Å². The first-order chi connectivity index (χ1) is 10.2. The lowest BCUT2D eigenvalue weighted by atomic mass is 10.2. The van der Waals surface area contributed by atoms with Gasteiger partial charge in [0.15, 0.2) is 0 Å². The molecule has 7 heteroatoms. The Hall–Kier alpha value is -2.15. The number of carbonyl (C=O) groups excluding carboxylic acids is 1. The topological polar surface area (TPSA) is 102 Å². The summed E-state index contributed by atoms with van der Waals surface area (Å²) in [5, 5.41) is 7.14. The van der Waals surface area contributed by atoms with Gasteiger partial charge in [0.25, 0.3) is 5.91 Å². The predicted octanol–water partition coefficient (Wildman–Crippen LogP) is 0.626. The maximum Gasteiger partial charge on any atom is 0.254 e. The first-order valence-electron chi connectivity index (χ1n) is 7.21. The lowest BCUT2D eigenvalue weighted by Gasteiger charge is -2.06. The number of rotatable bonds is 8. The van der Waals surface area contributed by atoms with Crippen LogP contribution in [0.5, 0.6) is 0 Å². The first-order valence-corrected chi connectivity index (χ1v) is 7.21. The highest BCUT2D eigenvalue weighted by Gasteiger charge is 2.13. The standard InChI is InChI=1S/C14H22N6O/c1-11-12(10-19-20(11)9-3-5-15)14(21)18-6-2-4-13-16-7-8-17-13/h7-8,10H,2-6,9,15H2,1H3,(H,16,17)(H,18,21). The summed E-state index contributed by atoms with van der Waals surface area (Å²) in [5.74, 6) is 0.862. The van der Waals surface area contributed by atoms with Crippen molar-refractivity contribution in [2.75, 3.05) is 13.1 Å². The summed E-state index contributed by atoms with van der Waals surface area (Å²) >= 11 is 0. The minimum absolute atomic E-state index is 0.0778. The number of H-pyrrole nitrogens is 1. The van der Waals surface area contributed by atoms with Gasteiger partial charge in [0.2, 0.25) is 0 Å². The molecule has 114 valence electrons. The van der Waals surface area contributed by atoms with E-state index in [1.807, 2.05) is 11.6 Å².